The molecule has 0 saturated heterocycles. The first-order valence-electron chi connectivity index (χ1n) is 5.67. The van der Waals surface area contributed by atoms with Gasteiger partial charge in [0.1, 0.15) is 0 Å². The zero-order valence-corrected chi connectivity index (χ0v) is 12.1. The summed E-state index contributed by atoms with van der Waals surface area (Å²) >= 11 is 0. The van der Waals surface area contributed by atoms with Crippen LogP contribution >= 0.6 is 0 Å². The molecule has 98 valence electrons. The second kappa shape index (κ2) is 7.27. The molecule has 0 radical (unpaired) electrons. The quantitative estimate of drug-likeness (QED) is 0.543. The van der Waals surface area contributed by atoms with Crippen LogP contribution < -0.4 is 24.0 Å². The summed E-state index contributed by atoms with van der Waals surface area (Å²) in [7, 11) is 0. The zero-order chi connectivity index (χ0) is 13.8. The van der Waals surface area contributed by atoms with Crippen molar-refractivity contribution in [1.29, 1.82) is 0 Å². The fourth-order valence-corrected chi connectivity index (χ4v) is 1.20. The van der Waals surface area contributed by atoms with Crippen LogP contribution in [0.2, 0.25) is 0 Å². The average molecular weight is 254 g/mol. The van der Waals surface area contributed by atoms with Crippen LogP contribution in [-0.4, -0.2) is 11.5 Å². The molecular formula is C14H17LiNO3-. The molecule has 19 heavy (non-hydrogen) atoms. The zero-order valence-electron chi connectivity index (χ0n) is 12.1. The van der Waals surface area contributed by atoms with Gasteiger partial charge in [-0.15, -0.1) is 5.70 Å². The summed E-state index contributed by atoms with van der Waals surface area (Å²) in [5.41, 5.74) is -0.0943. The number of nitrogens with zero attached hydrogens (tertiary/aromatic N) is 1. The number of amides is 1. The van der Waals surface area contributed by atoms with Gasteiger partial charge in [0, 0.05) is 11.5 Å². The van der Waals surface area contributed by atoms with E-state index in [-0.39, 0.29) is 24.6 Å². The molecule has 0 aliphatic heterocycles. The van der Waals surface area contributed by atoms with Crippen LogP contribution in [-0.2, 0) is 4.74 Å². The molecule has 1 rings (SSSR count). The van der Waals surface area contributed by atoms with E-state index in [0.717, 1.165) is 0 Å². The largest absolute Gasteiger partial charge is 1.00 e. The predicted octanol–water partition coefficient (Wildman–Crippen LogP) is -0.431. The number of carbonyl (C=O) groups is 1. The maximum absolute atomic E-state index is 11.7. The van der Waals surface area contributed by atoms with Gasteiger partial charge in [0.2, 0.25) is 0 Å². The molecule has 0 unspecified atom stereocenters. The summed E-state index contributed by atoms with van der Waals surface area (Å²) in [6, 6.07) is 8.58. The molecule has 4 nitrogen and oxygen atoms in total. The smallest absolute Gasteiger partial charge is 0.625 e. The molecular weight excluding hydrogens is 237 g/mol. The number of rotatable bonds is 3. The monoisotopic (exact) mass is 254 g/mol. The Labute approximate surface area is 126 Å². The molecule has 5 heteroatoms. The fourth-order valence-electron chi connectivity index (χ4n) is 1.20. The van der Waals surface area contributed by atoms with E-state index in [0.29, 0.717) is 5.56 Å². The van der Waals surface area contributed by atoms with Crippen molar-refractivity contribution in [3.8, 4) is 0 Å². The van der Waals surface area contributed by atoms with E-state index in [1.54, 1.807) is 51.1 Å². The normalized spacial score (nSPS) is 12.0. The summed E-state index contributed by atoms with van der Waals surface area (Å²) in [6.07, 6.45) is 0. The van der Waals surface area contributed by atoms with Crippen molar-refractivity contribution in [2.24, 2.45) is 0 Å². The number of hydrogen-bond acceptors (Lipinski definition) is 3. The average Bonchev–Trinajstić information content (AvgIpc) is 2.27. The van der Waals surface area contributed by atoms with Crippen molar-refractivity contribution in [2.45, 2.75) is 33.3 Å². The molecule has 0 fully saturated rings. The molecule has 1 aromatic rings. The van der Waals surface area contributed by atoms with Gasteiger partial charge in [-0.1, -0.05) is 58.0 Å². The van der Waals surface area contributed by atoms with Gasteiger partial charge in [-0.3, -0.25) is 0 Å². The van der Waals surface area contributed by atoms with Crippen molar-refractivity contribution >= 4 is 5.91 Å². The van der Waals surface area contributed by atoms with Crippen LogP contribution in [0.15, 0.2) is 42.0 Å². The number of allylic oxidation sites excluding steroid dienone is 1. The topological polar surface area (TPSA) is 63.5 Å². The van der Waals surface area contributed by atoms with Gasteiger partial charge in [-0.25, -0.2) is 0 Å². The van der Waals surface area contributed by atoms with Gasteiger partial charge in [0.25, 0.3) is 0 Å². The van der Waals surface area contributed by atoms with Crippen molar-refractivity contribution < 1.29 is 33.5 Å². The SMILES string of the molecule is C/C([N-]C(=O)c1ccccc1)=C(/[O-])OC(C)(C)C.[Li+]. The third-order valence-corrected chi connectivity index (χ3v) is 1.98. The van der Waals surface area contributed by atoms with E-state index < -0.39 is 17.5 Å². The van der Waals surface area contributed by atoms with E-state index in [4.69, 9.17) is 4.74 Å². The second-order valence-electron chi connectivity index (χ2n) is 4.87. The van der Waals surface area contributed by atoms with Crippen LogP contribution in [0.4, 0.5) is 0 Å². The van der Waals surface area contributed by atoms with E-state index >= 15 is 0 Å². The van der Waals surface area contributed by atoms with E-state index in [2.05, 4.69) is 5.32 Å². The van der Waals surface area contributed by atoms with Crippen LogP contribution in [0, 0.1) is 0 Å². The van der Waals surface area contributed by atoms with Gasteiger partial charge in [0.15, 0.2) is 0 Å². The summed E-state index contributed by atoms with van der Waals surface area (Å²) < 4.78 is 5.11. The van der Waals surface area contributed by atoms with Crippen LogP contribution in [0.3, 0.4) is 0 Å². The standard InChI is InChI=1S/C14H19NO3.Li/c1-10(13(17)18-14(2,3)4)15-12(16)11-8-6-5-7-9-11;/h5-9H,1-4H3,(H2,15,16,17);/q;+1/p-2/b13-10+;. The van der Waals surface area contributed by atoms with Crippen molar-refractivity contribution in [3.63, 3.8) is 0 Å². The third kappa shape index (κ3) is 6.37. The van der Waals surface area contributed by atoms with Crippen LogP contribution in [0.5, 0.6) is 0 Å². The molecule has 1 aromatic carbocycles. The van der Waals surface area contributed by atoms with Gasteiger partial charge in [0.05, 0.1) is 5.91 Å². The third-order valence-electron chi connectivity index (χ3n) is 1.98. The van der Waals surface area contributed by atoms with E-state index in [1.165, 1.54) is 6.92 Å². The summed E-state index contributed by atoms with van der Waals surface area (Å²) in [6.45, 7) is 6.75. The fraction of sp³-hybridized carbons (Fsp3) is 0.357. The van der Waals surface area contributed by atoms with Crippen molar-refractivity contribution in [1.82, 2.24) is 0 Å². The Morgan fingerprint density at radius 1 is 1.21 bits per heavy atom. The first-order chi connectivity index (χ1) is 8.29. The minimum absolute atomic E-state index is 0. The molecule has 0 heterocycles. The molecule has 0 bridgehead atoms. The van der Waals surface area contributed by atoms with Gasteiger partial charge >= 0.3 is 18.9 Å². The van der Waals surface area contributed by atoms with E-state index in [9.17, 15) is 9.90 Å². The Morgan fingerprint density at radius 2 is 1.74 bits per heavy atom. The van der Waals surface area contributed by atoms with Crippen molar-refractivity contribution in [3.05, 3.63) is 52.9 Å². The number of ether oxygens (including phenoxy) is 1. The predicted molar refractivity (Wildman–Crippen MR) is 67.7 cm³/mol. The maximum atomic E-state index is 11.7. The molecule has 0 aromatic heterocycles. The molecule has 0 atom stereocenters. The minimum Gasteiger partial charge on any atom is -0.625 e. The van der Waals surface area contributed by atoms with Crippen LogP contribution in [0.1, 0.15) is 38.1 Å². The number of benzene rings is 1. The molecule has 0 aliphatic carbocycles. The number of carbonyl (C=O) groups excluding carboxylic acids is 1. The summed E-state index contributed by atoms with van der Waals surface area (Å²) in [5, 5.41) is 15.4. The first-order valence-corrected chi connectivity index (χ1v) is 5.67. The Morgan fingerprint density at radius 3 is 2.21 bits per heavy atom. The van der Waals surface area contributed by atoms with Crippen molar-refractivity contribution in [2.75, 3.05) is 0 Å². The van der Waals surface area contributed by atoms with Gasteiger partial charge < -0.3 is 20.0 Å². The Kier molecular flexibility index (Phi) is 6.75. The molecule has 0 spiro atoms. The Bertz CT molecular complexity index is 450. The molecule has 0 N–H and O–H groups in total. The minimum atomic E-state index is -0.594. The van der Waals surface area contributed by atoms with E-state index in [1.807, 2.05) is 0 Å². The van der Waals surface area contributed by atoms with Gasteiger partial charge in [-0.05, 0) is 5.56 Å². The molecule has 0 aliphatic rings. The molecule has 0 saturated carbocycles. The first kappa shape index (κ1) is 17.6. The molecule has 1 amide bonds. The Balaban J connectivity index is 0.00000324. The summed E-state index contributed by atoms with van der Waals surface area (Å²) in [4.78, 5) is 11.7. The second-order valence-corrected chi connectivity index (χ2v) is 4.87. The maximum Gasteiger partial charge on any atom is 1.00 e. The van der Waals surface area contributed by atoms with Gasteiger partial charge in [-0.2, -0.15) is 0 Å². The number of hydrogen-bond donors (Lipinski definition) is 0. The summed E-state index contributed by atoms with van der Waals surface area (Å²) in [5.74, 6) is -1.02. The Hall–Kier alpha value is -1.37. The van der Waals surface area contributed by atoms with Crippen LogP contribution in [0.25, 0.3) is 5.32 Å².